The molecule has 5 nitrogen and oxygen atoms in total. The Kier molecular flexibility index (Phi) is 6.11. The Morgan fingerprint density at radius 3 is 2.45 bits per heavy atom. The van der Waals surface area contributed by atoms with Crippen LogP contribution < -0.4 is 5.32 Å². The first-order chi connectivity index (χ1) is 15.0. The summed E-state index contributed by atoms with van der Waals surface area (Å²) >= 11 is 1.24. The van der Waals surface area contributed by atoms with E-state index in [9.17, 15) is 18.4 Å². The van der Waals surface area contributed by atoms with Crippen LogP contribution >= 0.6 is 11.3 Å². The van der Waals surface area contributed by atoms with Crippen LogP contribution in [0.4, 0.5) is 13.8 Å². The number of anilines is 1. The fourth-order valence-corrected chi connectivity index (χ4v) is 4.70. The zero-order valence-corrected chi connectivity index (χ0v) is 17.6. The average molecular weight is 442 g/mol. The second-order valence-electron chi connectivity index (χ2n) is 7.09. The predicted molar refractivity (Wildman–Crippen MR) is 116 cm³/mol. The van der Waals surface area contributed by atoms with E-state index in [1.54, 1.807) is 4.90 Å². The number of hydrogen-bond donors (Lipinski definition) is 1. The van der Waals surface area contributed by atoms with Gasteiger partial charge in [-0.2, -0.15) is 0 Å². The number of carbonyl (C=O) groups is 2. The van der Waals surface area contributed by atoms with E-state index < -0.39 is 23.1 Å². The number of hydrogen-bond acceptors (Lipinski definition) is 4. The van der Waals surface area contributed by atoms with Crippen molar-refractivity contribution in [3.05, 3.63) is 76.9 Å². The normalized spacial score (nSPS) is 13.8. The standard InChI is InChI=1S/C23H20F2N2O3S/c1-14-18(23(29)27-10-12-30-13-11-27)22(31-20(14)15-6-3-2-4-7-15)26-21(28)16-8-5-9-17(24)19(16)25/h2-9H,10-13H2,1H3,(H,26,28). The van der Waals surface area contributed by atoms with Gasteiger partial charge < -0.3 is 15.0 Å². The van der Waals surface area contributed by atoms with Gasteiger partial charge in [0.2, 0.25) is 0 Å². The second kappa shape index (κ2) is 8.95. The molecule has 0 radical (unpaired) electrons. The van der Waals surface area contributed by atoms with E-state index in [1.807, 2.05) is 37.3 Å². The molecular formula is C23H20F2N2O3S. The van der Waals surface area contributed by atoms with Crippen LogP contribution in [0.1, 0.15) is 26.3 Å². The van der Waals surface area contributed by atoms with Gasteiger partial charge in [0.05, 0.1) is 24.3 Å². The van der Waals surface area contributed by atoms with E-state index in [0.717, 1.165) is 22.1 Å². The second-order valence-corrected chi connectivity index (χ2v) is 8.11. The molecule has 1 aliphatic heterocycles. The fraction of sp³-hybridized carbons (Fsp3) is 0.217. The van der Waals surface area contributed by atoms with Crippen LogP contribution in [0.15, 0.2) is 48.5 Å². The van der Waals surface area contributed by atoms with Crippen molar-refractivity contribution < 1.29 is 23.1 Å². The van der Waals surface area contributed by atoms with Crippen molar-refractivity contribution in [1.82, 2.24) is 4.90 Å². The van der Waals surface area contributed by atoms with Crippen molar-refractivity contribution in [2.45, 2.75) is 6.92 Å². The molecule has 0 saturated carbocycles. The molecule has 2 aromatic carbocycles. The fourth-order valence-electron chi connectivity index (χ4n) is 3.50. The van der Waals surface area contributed by atoms with E-state index in [-0.39, 0.29) is 5.91 Å². The quantitative estimate of drug-likeness (QED) is 0.636. The summed E-state index contributed by atoms with van der Waals surface area (Å²) in [5, 5.41) is 2.95. The zero-order valence-electron chi connectivity index (χ0n) is 16.8. The van der Waals surface area contributed by atoms with E-state index in [2.05, 4.69) is 5.32 Å². The summed E-state index contributed by atoms with van der Waals surface area (Å²) < 4.78 is 33.1. The summed E-state index contributed by atoms with van der Waals surface area (Å²) in [5.74, 6) is -3.37. The van der Waals surface area contributed by atoms with E-state index in [1.165, 1.54) is 23.5 Å². The minimum Gasteiger partial charge on any atom is -0.378 e. The van der Waals surface area contributed by atoms with Gasteiger partial charge in [0.15, 0.2) is 11.6 Å². The summed E-state index contributed by atoms with van der Waals surface area (Å²) in [6.07, 6.45) is 0. The maximum atomic E-state index is 14.1. The summed E-state index contributed by atoms with van der Waals surface area (Å²) in [5.41, 5.74) is 1.56. The maximum Gasteiger partial charge on any atom is 0.259 e. The Bertz CT molecular complexity index is 1130. The zero-order chi connectivity index (χ0) is 22.0. The van der Waals surface area contributed by atoms with Crippen LogP contribution in [0.3, 0.4) is 0 Å². The number of thiophene rings is 1. The predicted octanol–water partition coefficient (Wildman–Crippen LogP) is 4.73. The molecule has 160 valence electrons. The summed E-state index contributed by atoms with van der Waals surface area (Å²) in [7, 11) is 0. The summed E-state index contributed by atoms with van der Waals surface area (Å²) in [6.45, 7) is 3.60. The van der Waals surface area contributed by atoms with Gasteiger partial charge >= 0.3 is 0 Å². The van der Waals surface area contributed by atoms with Crippen LogP contribution in [-0.4, -0.2) is 43.0 Å². The van der Waals surface area contributed by atoms with Crippen molar-refractivity contribution in [2.75, 3.05) is 31.6 Å². The highest BCUT2D eigenvalue weighted by atomic mass is 32.1. The molecular weight excluding hydrogens is 422 g/mol. The molecule has 0 unspecified atom stereocenters. The number of nitrogens with one attached hydrogen (secondary N) is 1. The lowest BCUT2D eigenvalue weighted by atomic mass is 10.1. The molecule has 0 spiro atoms. The lowest BCUT2D eigenvalue weighted by Crippen LogP contribution is -2.41. The molecule has 1 aliphatic rings. The van der Waals surface area contributed by atoms with Gasteiger partial charge in [-0.05, 0) is 30.2 Å². The van der Waals surface area contributed by atoms with Gasteiger partial charge in [0.1, 0.15) is 5.00 Å². The van der Waals surface area contributed by atoms with Crippen LogP contribution in [0.2, 0.25) is 0 Å². The molecule has 2 heterocycles. The molecule has 2 amide bonds. The van der Waals surface area contributed by atoms with Crippen LogP contribution in [0.25, 0.3) is 10.4 Å². The molecule has 4 rings (SSSR count). The Morgan fingerprint density at radius 2 is 1.74 bits per heavy atom. The van der Waals surface area contributed by atoms with Crippen molar-refractivity contribution in [1.29, 1.82) is 0 Å². The number of benzene rings is 2. The Labute approximate surface area is 182 Å². The highest BCUT2D eigenvalue weighted by Crippen LogP contribution is 2.40. The molecule has 31 heavy (non-hydrogen) atoms. The molecule has 3 aromatic rings. The lowest BCUT2D eigenvalue weighted by molar-refractivity contribution is 0.0303. The van der Waals surface area contributed by atoms with E-state index in [0.29, 0.717) is 36.9 Å². The Balaban J connectivity index is 1.75. The topological polar surface area (TPSA) is 58.6 Å². The number of halogens is 2. The molecule has 0 atom stereocenters. The number of carbonyl (C=O) groups excluding carboxylic acids is 2. The highest BCUT2D eigenvalue weighted by Gasteiger charge is 2.28. The average Bonchev–Trinajstić information content (AvgIpc) is 3.11. The first-order valence-electron chi connectivity index (χ1n) is 9.78. The minimum absolute atomic E-state index is 0.228. The highest BCUT2D eigenvalue weighted by molar-refractivity contribution is 7.20. The van der Waals surface area contributed by atoms with Crippen molar-refractivity contribution in [3.63, 3.8) is 0 Å². The van der Waals surface area contributed by atoms with Crippen molar-refractivity contribution in [2.24, 2.45) is 0 Å². The third-order valence-electron chi connectivity index (χ3n) is 5.12. The van der Waals surface area contributed by atoms with Gasteiger partial charge in [0.25, 0.3) is 11.8 Å². The van der Waals surface area contributed by atoms with Gasteiger partial charge in [-0.25, -0.2) is 8.78 Å². The van der Waals surface area contributed by atoms with Crippen LogP contribution in [0, 0.1) is 18.6 Å². The summed E-state index contributed by atoms with van der Waals surface area (Å²) in [4.78, 5) is 28.6. The molecule has 1 saturated heterocycles. The lowest BCUT2D eigenvalue weighted by Gasteiger charge is -2.27. The first-order valence-corrected chi connectivity index (χ1v) is 10.6. The number of amides is 2. The van der Waals surface area contributed by atoms with Crippen molar-refractivity contribution >= 4 is 28.2 Å². The molecule has 1 aromatic heterocycles. The third-order valence-corrected chi connectivity index (χ3v) is 6.37. The molecule has 0 aliphatic carbocycles. The first kappa shape index (κ1) is 21.1. The molecule has 1 fully saturated rings. The number of ether oxygens (including phenoxy) is 1. The third kappa shape index (κ3) is 4.22. The monoisotopic (exact) mass is 442 g/mol. The summed E-state index contributed by atoms with van der Waals surface area (Å²) in [6, 6.07) is 12.9. The molecule has 8 heteroatoms. The number of nitrogens with zero attached hydrogens (tertiary/aromatic N) is 1. The van der Waals surface area contributed by atoms with E-state index >= 15 is 0 Å². The molecule has 0 bridgehead atoms. The smallest absolute Gasteiger partial charge is 0.259 e. The van der Waals surface area contributed by atoms with Crippen LogP contribution in [-0.2, 0) is 4.74 Å². The maximum absolute atomic E-state index is 14.1. The van der Waals surface area contributed by atoms with Gasteiger partial charge in [-0.3, -0.25) is 9.59 Å². The van der Waals surface area contributed by atoms with Gasteiger partial charge in [-0.1, -0.05) is 36.4 Å². The van der Waals surface area contributed by atoms with E-state index in [4.69, 9.17) is 4.74 Å². The Morgan fingerprint density at radius 1 is 1.03 bits per heavy atom. The SMILES string of the molecule is Cc1c(-c2ccccc2)sc(NC(=O)c2cccc(F)c2F)c1C(=O)N1CCOCC1. The largest absolute Gasteiger partial charge is 0.378 e. The molecule has 1 N–H and O–H groups in total. The Hall–Kier alpha value is -3.10. The minimum atomic E-state index is -1.22. The van der Waals surface area contributed by atoms with Gasteiger partial charge in [0, 0.05) is 18.0 Å². The van der Waals surface area contributed by atoms with Crippen molar-refractivity contribution in [3.8, 4) is 10.4 Å². The number of rotatable bonds is 4. The van der Waals surface area contributed by atoms with Gasteiger partial charge in [-0.15, -0.1) is 11.3 Å². The van der Waals surface area contributed by atoms with Crippen LogP contribution in [0.5, 0.6) is 0 Å². The number of morpholine rings is 1.